The van der Waals surface area contributed by atoms with Crippen LogP contribution in [-0.2, 0) is 0 Å². The highest BCUT2D eigenvalue weighted by molar-refractivity contribution is 6.35. The molecule has 13 aromatic carbocycles. The van der Waals surface area contributed by atoms with E-state index in [0.717, 1.165) is 19.5 Å². The SMILES string of the molecule is c1ccc(-c2c3ccccc3c3c4c(cccc24)N(c2ccccc2)CCCN(c2ccccc2)c2cccc4c(-c5ccccc5)c5ccccc5c(c24)-c2c4ccccc4c-3c3ccccc23)cc1. The highest BCUT2D eigenvalue weighted by atomic mass is 15.2. The zero-order valence-corrected chi connectivity index (χ0v) is 39.3. The molecule has 2 heteroatoms. The number of hydrogen-bond acceptors (Lipinski definition) is 2. The van der Waals surface area contributed by atoms with E-state index >= 15 is 0 Å². The van der Waals surface area contributed by atoms with Crippen molar-refractivity contribution in [1.82, 2.24) is 0 Å². The number of anilines is 4. The van der Waals surface area contributed by atoms with Gasteiger partial charge >= 0.3 is 0 Å². The van der Waals surface area contributed by atoms with E-state index in [4.69, 9.17) is 0 Å². The van der Waals surface area contributed by atoms with Gasteiger partial charge in [0.15, 0.2) is 0 Å². The van der Waals surface area contributed by atoms with Gasteiger partial charge in [0, 0.05) is 57.7 Å². The fourth-order valence-corrected chi connectivity index (χ4v) is 12.3. The predicted molar refractivity (Wildman–Crippen MR) is 305 cm³/mol. The zero-order chi connectivity index (χ0) is 46.8. The molecule has 0 radical (unpaired) electrons. The van der Waals surface area contributed by atoms with Gasteiger partial charge in [0.1, 0.15) is 0 Å². The summed E-state index contributed by atoms with van der Waals surface area (Å²) >= 11 is 0. The van der Waals surface area contributed by atoms with E-state index in [9.17, 15) is 0 Å². The highest BCUT2D eigenvalue weighted by Gasteiger charge is 2.29. The van der Waals surface area contributed by atoms with Crippen LogP contribution in [0.5, 0.6) is 0 Å². The minimum Gasteiger partial charge on any atom is -0.341 e. The molecule has 2 nitrogen and oxygen atoms in total. The molecule has 0 aliphatic carbocycles. The number of para-hydroxylation sites is 2. The summed E-state index contributed by atoms with van der Waals surface area (Å²) in [6, 6.07) is 95.2. The Kier molecular flexibility index (Phi) is 9.77. The van der Waals surface area contributed by atoms with Gasteiger partial charge in [0.2, 0.25) is 0 Å². The molecule has 0 fully saturated rings. The summed E-state index contributed by atoms with van der Waals surface area (Å²) in [5.74, 6) is 0. The van der Waals surface area contributed by atoms with Gasteiger partial charge in [0.05, 0.1) is 0 Å². The summed E-state index contributed by atoms with van der Waals surface area (Å²) in [4.78, 5) is 5.21. The normalized spacial score (nSPS) is 12.8. The van der Waals surface area contributed by atoms with Crippen LogP contribution in [0.15, 0.2) is 255 Å². The van der Waals surface area contributed by atoms with Crippen LogP contribution in [0, 0.1) is 0 Å². The van der Waals surface area contributed by atoms with Crippen LogP contribution in [0.1, 0.15) is 6.42 Å². The van der Waals surface area contributed by atoms with Crippen molar-refractivity contribution in [2.24, 2.45) is 0 Å². The molecule has 0 amide bonds. The van der Waals surface area contributed by atoms with E-state index in [1.54, 1.807) is 0 Å². The van der Waals surface area contributed by atoms with Gasteiger partial charge in [0.25, 0.3) is 0 Å². The summed E-state index contributed by atoms with van der Waals surface area (Å²) < 4.78 is 0. The maximum atomic E-state index is 2.60. The minimum atomic E-state index is 0.787. The van der Waals surface area contributed by atoms with Crippen molar-refractivity contribution < 1.29 is 0 Å². The van der Waals surface area contributed by atoms with Crippen LogP contribution in [0.2, 0.25) is 0 Å². The second kappa shape index (κ2) is 16.9. The Hall–Kier alpha value is -8.98. The molecule has 0 N–H and O–H groups in total. The van der Waals surface area contributed by atoms with Gasteiger partial charge in [-0.1, -0.05) is 218 Å². The first-order valence-electron chi connectivity index (χ1n) is 25.0. The Balaban J connectivity index is 1.24. The summed E-state index contributed by atoms with van der Waals surface area (Å²) in [7, 11) is 0. The van der Waals surface area contributed by atoms with E-state index in [0.29, 0.717) is 0 Å². The van der Waals surface area contributed by atoms with Crippen molar-refractivity contribution in [2.75, 3.05) is 22.9 Å². The molecule has 15 rings (SSSR count). The second-order valence-corrected chi connectivity index (χ2v) is 18.9. The molecule has 0 aromatic heterocycles. The van der Waals surface area contributed by atoms with Crippen LogP contribution >= 0.6 is 0 Å². The average Bonchev–Trinajstić information content (AvgIpc) is 3.44. The Morgan fingerprint density at radius 1 is 0.211 bits per heavy atom. The predicted octanol–water partition coefficient (Wildman–Crippen LogP) is 19.0. The third-order valence-corrected chi connectivity index (χ3v) is 15.1. The molecule has 334 valence electrons. The first-order valence-corrected chi connectivity index (χ1v) is 25.0. The number of fused-ring (bicyclic) bond motifs is 6. The Morgan fingerprint density at radius 2 is 0.479 bits per heavy atom. The van der Waals surface area contributed by atoms with Crippen LogP contribution in [0.4, 0.5) is 22.7 Å². The van der Waals surface area contributed by atoms with Crippen molar-refractivity contribution in [1.29, 1.82) is 0 Å². The smallest absolute Gasteiger partial charge is 0.0497 e. The van der Waals surface area contributed by atoms with Gasteiger partial charge in [-0.05, 0) is 130 Å². The van der Waals surface area contributed by atoms with Crippen molar-refractivity contribution in [3.63, 3.8) is 0 Å². The fourth-order valence-electron chi connectivity index (χ4n) is 12.3. The number of nitrogens with zero attached hydrogens (tertiary/aromatic N) is 2. The lowest BCUT2D eigenvalue weighted by Crippen LogP contribution is -2.25. The average molecular weight is 905 g/mol. The molecule has 0 spiro atoms. The maximum absolute atomic E-state index is 2.60. The first-order chi connectivity index (χ1) is 35.3. The highest BCUT2D eigenvalue weighted by Crippen LogP contribution is 2.56. The van der Waals surface area contributed by atoms with Crippen LogP contribution in [0.25, 0.3) is 109 Å². The molecular formula is C69H48N2. The zero-order valence-electron chi connectivity index (χ0n) is 39.3. The standard InChI is InChI=1S/C69H48N2/c1-5-24-46(25-6-1)62-50-32-13-19-38-56(50)68-64-52-34-15-17-36-54(52)65(55-37-18-16-35-53(55)64)69-57-39-20-14-33-51(57)63(47-26-7-2-8-27-47)59-41-22-43-61(67(59)69)71(49-30-11-4-12-31-49)45-23-44-70(48-28-9-3-10-29-48)60-42-21-40-58(62)66(60)68/h1-22,24-43H,23,44-45H2. The lowest BCUT2D eigenvalue weighted by Gasteiger charge is -2.31. The van der Waals surface area contributed by atoms with Gasteiger partial charge in [-0.3, -0.25) is 0 Å². The van der Waals surface area contributed by atoms with Gasteiger partial charge < -0.3 is 9.80 Å². The van der Waals surface area contributed by atoms with E-state index in [2.05, 4.69) is 265 Å². The monoisotopic (exact) mass is 904 g/mol. The molecule has 2 aliphatic rings. The molecule has 0 saturated carbocycles. The van der Waals surface area contributed by atoms with Crippen LogP contribution in [0.3, 0.4) is 0 Å². The molecular weight excluding hydrogens is 857 g/mol. The second-order valence-electron chi connectivity index (χ2n) is 18.9. The summed E-state index contributed by atoms with van der Waals surface area (Å²) in [6.07, 6.45) is 0.882. The lowest BCUT2D eigenvalue weighted by molar-refractivity contribution is 0.800. The molecule has 71 heavy (non-hydrogen) atoms. The van der Waals surface area contributed by atoms with E-state index in [1.165, 1.54) is 132 Å². The minimum absolute atomic E-state index is 0.787. The number of benzene rings is 13. The van der Waals surface area contributed by atoms with Crippen molar-refractivity contribution in [2.45, 2.75) is 6.42 Å². The topological polar surface area (TPSA) is 6.48 Å². The van der Waals surface area contributed by atoms with Crippen LogP contribution < -0.4 is 9.80 Å². The third-order valence-electron chi connectivity index (χ3n) is 15.1. The molecule has 2 heterocycles. The molecule has 0 unspecified atom stereocenters. The first kappa shape index (κ1) is 41.0. The van der Waals surface area contributed by atoms with Crippen molar-refractivity contribution in [3.8, 4) is 44.5 Å². The van der Waals surface area contributed by atoms with E-state index < -0.39 is 0 Å². The maximum Gasteiger partial charge on any atom is 0.0497 e. The van der Waals surface area contributed by atoms with Gasteiger partial charge in [-0.2, -0.15) is 0 Å². The number of rotatable bonds is 4. The van der Waals surface area contributed by atoms with Gasteiger partial charge in [-0.25, -0.2) is 0 Å². The van der Waals surface area contributed by atoms with Crippen molar-refractivity contribution in [3.05, 3.63) is 255 Å². The lowest BCUT2D eigenvalue weighted by atomic mass is 9.78. The largest absolute Gasteiger partial charge is 0.341 e. The van der Waals surface area contributed by atoms with Crippen LogP contribution in [-0.4, -0.2) is 13.1 Å². The van der Waals surface area contributed by atoms with E-state index in [-0.39, 0.29) is 0 Å². The van der Waals surface area contributed by atoms with Crippen molar-refractivity contribution >= 4 is 87.4 Å². The quantitative estimate of drug-likeness (QED) is 0.162. The summed E-state index contributed by atoms with van der Waals surface area (Å²) in [5.41, 5.74) is 14.8. The Bertz CT molecular complexity index is 3850. The fraction of sp³-hybridized carbons (Fsp3) is 0.0435. The molecule has 2 bridgehead atoms. The molecule has 0 atom stereocenters. The van der Waals surface area contributed by atoms with E-state index in [1.807, 2.05) is 0 Å². The molecule has 0 saturated heterocycles. The third kappa shape index (κ3) is 6.49. The molecule has 2 aliphatic heterocycles. The molecule has 13 aromatic rings. The Morgan fingerprint density at radius 3 is 0.817 bits per heavy atom. The van der Waals surface area contributed by atoms with Gasteiger partial charge in [-0.15, -0.1) is 0 Å². The summed E-state index contributed by atoms with van der Waals surface area (Å²) in [6.45, 7) is 1.57. The number of hydrogen-bond donors (Lipinski definition) is 0. The summed E-state index contributed by atoms with van der Waals surface area (Å²) in [5, 5.41) is 14.9. The Labute approximate surface area is 413 Å².